The molecular formula is C12H12FNO. The molecule has 3 heteroatoms. The monoisotopic (exact) mass is 205 g/mol. The smallest absolute Gasteiger partial charge is 0.244 e. The molecular weight excluding hydrogens is 193 g/mol. The van der Waals surface area contributed by atoms with E-state index >= 15 is 0 Å². The van der Waals surface area contributed by atoms with Crippen molar-refractivity contribution in [1.29, 1.82) is 0 Å². The van der Waals surface area contributed by atoms with E-state index in [1.165, 1.54) is 12.1 Å². The molecule has 0 radical (unpaired) electrons. The molecule has 1 aliphatic rings. The molecule has 0 spiro atoms. The highest BCUT2D eigenvalue weighted by Gasteiger charge is 2.46. The Bertz CT molecular complexity index is 410. The predicted octanol–water partition coefficient (Wildman–Crippen LogP) is 2.12. The Morgan fingerprint density at radius 3 is 2.67 bits per heavy atom. The van der Waals surface area contributed by atoms with Crippen LogP contribution in [0.15, 0.2) is 36.9 Å². The number of benzene rings is 1. The standard InChI is InChI=1S/C12H12FNO/c1-2-11(15)14-12(7-8-12)9-5-3-4-6-10(9)13/h2-6H,1,7-8H2,(H,14,15). The number of nitrogens with one attached hydrogen (secondary N) is 1. The molecule has 78 valence electrons. The van der Waals surface area contributed by atoms with Gasteiger partial charge in [0.1, 0.15) is 5.82 Å². The van der Waals surface area contributed by atoms with Gasteiger partial charge in [0, 0.05) is 5.56 Å². The quantitative estimate of drug-likeness (QED) is 0.752. The van der Waals surface area contributed by atoms with E-state index in [0.29, 0.717) is 5.56 Å². The average Bonchev–Trinajstić information content (AvgIpc) is 2.99. The van der Waals surface area contributed by atoms with E-state index in [2.05, 4.69) is 11.9 Å². The molecule has 1 N–H and O–H groups in total. The van der Waals surface area contributed by atoms with Gasteiger partial charge in [0.2, 0.25) is 5.91 Å². The van der Waals surface area contributed by atoms with Crippen molar-refractivity contribution in [3.05, 3.63) is 48.3 Å². The lowest BCUT2D eigenvalue weighted by Gasteiger charge is -2.17. The van der Waals surface area contributed by atoms with Gasteiger partial charge < -0.3 is 5.32 Å². The molecule has 0 heterocycles. The summed E-state index contributed by atoms with van der Waals surface area (Å²) in [5.41, 5.74) is 0.0802. The van der Waals surface area contributed by atoms with Crippen LogP contribution in [0.2, 0.25) is 0 Å². The molecule has 0 aliphatic heterocycles. The second kappa shape index (κ2) is 3.50. The zero-order valence-electron chi connectivity index (χ0n) is 8.29. The highest BCUT2D eigenvalue weighted by Crippen LogP contribution is 2.46. The fraction of sp³-hybridized carbons (Fsp3) is 0.250. The van der Waals surface area contributed by atoms with E-state index in [9.17, 15) is 9.18 Å². The minimum atomic E-state index is -0.489. The molecule has 2 rings (SSSR count). The maximum absolute atomic E-state index is 13.5. The lowest BCUT2D eigenvalue weighted by molar-refractivity contribution is -0.117. The molecule has 0 unspecified atom stereocenters. The lowest BCUT2D eigenvalue weighted by atomic mass is 10.0. The van der Waals surface area contributed by atoms with Gasteiger partial charge in [-0.25, -0.2) is 4.39 Å². The normalized spacial score (nSPS) is 16.9. The first-order valence-electron chi connectivity index (χ1n) is 4.87. The average molecular weight is 205 g/mol. The van der Waals surface area contributed by atoms with Crippen molar-refractivity contribution < 1.29 is 9.18 Å². The number of hydrogen-bond acceptors (Lipinski definition) is 1. The summed E-state index contributed by atoms with van der Waals surface area (Å²) in [6, 6.07) is 6.55. The van der Waals surface area contributed by atoms with E-state index in [4.69, 9.17) is 0 Å². The third-order valence-corrected chi connectivity index (χ3v) is 2.69. The van der Waals surface area contributed by atoms with Crippen molar-refractivity contribution in [3.8, 4) is 0 Å². The van der Waals surface area contributed by atoms with Gasteiger partial charge in [-0.3, -0.25) is 4.79 Å². The summed E-state index contributed by atoms with van der Waals surface area (Å²) < 4.78 is 13.5. The molecule has 1 amide bonds. The highest BCUT2D eigenvalue weighted by molar-refractivity contribution is 5.88. The summed E-state index contributed by atoms with van der Waals surface area (Å²) in [4.78, 5) is 11.2. The molecule has 2 nitrogen and oxygen atoms in total. The number of amides is 1. The van der Waals surface area contributed by atoms with Crippen LogP contribution in [0.3, 0.4) is 0 Å². The zero-order valence-corrected chi connectivity index (χ0v) is 8.29. The molecule has 1 aromatic carbocycles. The predicted molar refractivity (Wildman–Crippen MR) is 55.7 cm³/mol. The number of carbonyl (C=O) groups excluding carboxylic acids is 1. The molecule has 0 aromatic heterocycles. The van der Waals surface area contributed by atoms with Gasteiger partial charge in [-0.15, -0.1) is 0 Å². The second-order valence-corrected chi connectivity index (χ2v) is 3.76. The van der Waals surface area contributed by atoms with Gasteiger partial charge >= 0.3 is 0 Å². The van der Waals surface area contributed by atoms with Crippen LogP contribution in [-0.2, 0) is 10.3 Å². The maximum Gasteiger partial charge on any atom is 0.244 e. The van der Waals surface area contributed by atoms with E-state index in [0.717, 1.165) is 12.8 Å². The van der Waals surface area contributed by atoms with Crippen LogP contribution in [0.5, 0.6) is 0 Å². The number of carbonyl (C=O) groups is 1. The van der Waals surface area contributed by atoms with Crippen molar-refractivity contribution in [1.82, 2.24) is 5.32 Å². The van der Waals surface area contributed by atoms with Crippen molar-refractivity contribution in [3.63, 3.8) is 0 Å². The van der Waals surface area contributed by atoms with Crippen molar-refractivity contribution in [2.45, 2.75) is 18.4 Å². The fourth-order valence-corrected chi connectivity index (χ4v) is 1.72. The van der Waals surface area contributed by atoms with Gasteiger partial charge in [0.25, 0.3) is 0 Å². The summed E-state index contributed by atoms with van der Waals surface area (Å²) in [5.74, 6) is -0.518. The molecule has 1 aromatic rings. The fourth-order valence-electron chi connectivity index (χ4n) is 1.72. The third-order valence-electron chi connectivity index (χ3n) is 2.69. The first kappa shape index (κ1) is 9.90. The van der Waals surface area contributed by atoms with Crippen LogP contribution in [0.25, 0.3) is 0 Å². The van der Waals surface area contributed by atoms with Gasteiger partial charge in [-0.05, 0) is 25.0 Å². The summed E-state index contributed by atoms with van der Waals surface area (Å²) in [6.45, 7) is 3.38. The largest absolute Gasteiger partial charge is 0.343 e. The first-order valence-corrected chi connectivity index (χ1v) is 4.87. The van der Waals surface area contributed by atoms with E-state index in [-0.39, 0.29) is 11.7 Å². The Hall–Kier alpha value is -1.64. The molecule has 1 saturated carbocycles. The molecule has 1 fully saturated rings. The van der Waals surface area contributed by atoms with E-state index < -0.39 is 5.54 Å². The number of rotatable bonds is 3. The Morgan fingerprint density at radius 2 is 2.13 bits per heavy atom. The summed E-state index contributed by atoms with van der Waals surface area (Å²) >= 11 is 0. The van der Waals surface area contributed by atoms with E-state index in [1.54, 1.807) is 18.2 Å². The van der Waals surface area contributed by atoms with Gasteiger partial charge in [-0.2, -0.15) is 0 Å². The SMILES string of the molecule is C=CC(=O)NC1(c2ccccc2F)CC1. The number of hydrogen-bond donors (Lipinski definition) is 1. The van der Waals surface area contributed by atoms with Crippen molar-refractivity contribution >= 4 is 5.91 Å². The summed E-state index contributed by atoms with van der Waals surface area (Å²) in [5, 5.41) is 2.78. The van der Waals surface area contributed by atoms with Gasteiger partial charge in [0.05, 0.1) is 5.54 Å². The van der Waals surface area contributed by atoms with Gasteiger partial charge in [0.15, 0.2) is 0 Å². The highest BCUT2D eigenvalue weighted by atomic mass is 19.1. The Labute approximate surface area is 87.8 Å². The third kappa shape index (κ3) is 1.77. The molecule has 1 aliphatic carbocycles. The van der Waals surface area contributed by atoms with Crippen LogP contribution in [-0.4, -0.2) is 5.91 Å². The van der Waals surface area contributed by atoms with Crippen LogP contribution in [0, 0.1) is 5.82 Å². The summed E-state index contributed by atoms with van der Waals surface area (Å²) in [6.07, 6.45) is 2.78. The lowest BCUT2D eigenvalue weighted by Crippen LogP contribution is -2.34. The van der Waals surface area contributed by atoms with Crippen molar-refractivity contribution in [2.24, 2.45) is 0 Å². The minimum Gasteiger partial charge on any atom is -0.343 e. The van der Waals surface area contributed by atoms with E-state index in [1.807, 2.05) is 0 Å². The van der Waals surface area contributed by atoms with Gasteiger partial charge in [-0.1, -0.05) is 24.8 Å². The molecule has 0 atom stereocenters. The summed E-state index contributed by atoms with van der Waals surface area (Å²) in [7, 11) is 0. The zero-order chi connectivity index (χ0) is 10.9. The van der Waals surface area contributed by atoms with Crippen molar-refractivity contribution in [2.75, 3.05) is 0 Å². The molecule has 15 heavy (non-hydrogen) atoms. The van der Waals surface area contributed by atoms with Crippen LogP contribution >= 0.6 is 0 Å². The Morgan fingerprint density at radius 1 is 1.47 bits per heavy atom. The topological polar surface area (TPSA) is 29.1 Å². The second-order valence-electron chi connectivity index (χ2n) is 3.76. The maximum atomic E-state index is 13.5. The van der Waals surface area contributed by atoms with Crippen LogP contribution < -0.4 is 5.32 Å². The molecule has 0 bridgehead atoms. The minimum absolute atomic E-state index is 0.254. The van der Waals surface area contributed by atoms with Crippen LogP contribution in [0.4, 0.5) is 4.39 Å². The Kier molecular flexibility index (Phi) is 2.31. The molecule has 0 saturated heterocycles. The first-order chi connectivity index (χ1) is 7.18. The van der Waals surface area contributed by atoms with Crippen LogP contribution in [0.1, 0.15) is 18.4 Å². The Balaban J connectivity index is 2.27. The number of halogens is 1.